The van der Waals surface area contributed by atoms with E-state index in [0.29, 0.717) is 11.1 Å². The molecule has 0 bridgehead atoms. The Hall–Kier alpha value is -5.15. The number of benzene rings is 7. The van der Waals surface area contributed by atoms with Gasteiger partial charge in [0.05, 0.1) is 5.56 Å². The number of phenols is 1. The van der Waals surface area contributed by atoms with Gasteiger partial charge in [0.1, 0.15) is 16.9 Å². The predicted molar refractivity (Wildman–Crippen MR) is 154 cm³/mol. The van der Waals surface area contributed by atoms with Gasteiger partial charge in [-0.05, 0) is 79.8 Å². The molecule has 0 saturated heterocycles. The number of carbonyl (C=O) groups is 1. The summed E-state index contributed by atoms with van der Waals surface area (Å²) in [4.78, 5) is 13.5. The van der Waals surface area contributed by atoms with Crippen LogP contribution in [-0.4, -0.2) is 10.9 Å². The van der Waals surface area contributed by atoms with Crippen molar-refractivity contribution in [2.45, 2.75) is 0 Å². The largest absolute Gasteiger partial charge is 0.507 e. The topological polar surface area (TPSA) is 50.4 Å². The van der Waals surface area contributed by atoms with Crippen molar-refractivity contribution < 1.29 is 14.3 Å². The Kier molecular flexibility index (Phi) is 4.24. The highest BCUT2D eigenvalue weighted by Gasteiger charge is 2.20. The van der Waals surface area contributed by atoms with Gasteiger partial charge in [0, 0.05) is 16.3 Å². The van der Waals surface area contributed by atoms with Crippen molar-refractivity contribution in [1.82, 2.24) is 0 Å². The number of ketones is 1. The summed E-state index contributed by atoms with van der Waals surface area (Å²) in [5, 5.41) is 19.0. The van der Waals surface area contributed by atoms with Crippen LogP contribution in [0, 0.1) is 0 Å². The number of para-hydroxylation sites is 2. The number of phenolic OH excluding ortho intramolecular Hbond substituents is 1. The molecule has 38 heavy (non-hydrogen) atoms. The van der Waals surface area contributed by atoms with Gasteiger partial charge < -0.3 is 9.52 Å². The minimum atomic E-state index is -0.182. The Morgan fingerprint density at radius 1 is 0.553 bits per heavy atom. The molecule has 178 valence electrons. The number of furan rings is 1. The molecular formula is C35H20O3. The third kappa shape index (κ3) is 2.87. The molecule has 8 aromatic rings. The zero-order valence-corrected chi connectivity index (χ0v) is 20.2. The highest BCUT2D eigenvalue weighted by molar-refractivity contribution is 6.30. The Labute approximate surface area is 217 Å². The maximum atomic E-state index is 13.5. The summed E-state index contributed by atoms with van der Waals surface area (Å²) in [5.41, 5.74) is 4.91. The Morgan fingerprint density at radius 2 is 1.24 bits per heavy atom. The maximum Gasteiger partial charge on any atom is 0.197 e. The molecule has 0 fully saturated rings. The van der Waals surface area contributed by atoms with Crippen LogP contribution in [0.25, 0.3) is 65.4 Å². The smallest absolute Gasteiger partial charge is 0.197 e. The standard InChI is InChI=1S/C35H20O3/c36-30-7-3-1-6-28(30)35(37)27-17-12-21-10-15-25-23(14-9-20-11-16-26(27)34(21)33(20)25)22-13-18-32-29(19-22)24-5-2-4-8-31(24)38-32/h1-19,36H. The van der Waals surface area contributed by atoms with Crippen molar-refractivity contribution in [1.29, 1.82) is 0 Å². The SMILES string of the molecule is O=C(c1ccccc1O)c1ccc2ccc3c(-c4ccc5oc6ccccc6c5c4)ccc4ccc1c2c43. The molecule has 1 N–H and O–H groups in total. The number of rotatable bonds is 3. The Bertz CT molecular complexity index is 2220. The van der Waals surface area contributed by atoms with Gasteiger partial charge in [-0.2, -0.15) is 0 Å². The van der Waals surface area contributed by atoms with Gasteiger partial charge >= 0.3 is 0 Å². The molecule has 3 nitrogen and oxygen atoms in total. The van der Waals surface area contributed by atoms with Gasteiger partial charge in [-0.1, -0.05) is 78.9 Å². The van der Waals surface area contributed by atoms with E-state index < -0.39 is 0 Å². The lowest BCUT2D eigenvalue weighted by molar-refractivity contribution is 0.103. The Morgan fingerprint density at radius 3 is 2.11 bits per heavy atom. The molecule has 3 heteroatoms. The number of aromatic hydroxyl groups is 1. The van der Waals surface area contributed by atoms with Crippen LogP contribution < -0.4 is 0 Å². The fourth-order valence-electron chi connectivity index (χ4n) is 5.96. The molecule has 0 unspecified atom stereocenters. The summed E-state index contributed by atoms with van der Waals surface area (Å²) in [6, 6.07) is 37.9. The highest BCUT2D eigenvalue weighted by atomic mass is 16.3. The molecular weight excluding hydrogens is 468 g/mol. The van der Waals surface area contributed by atoms with E-state index in [2.05, 4.69) is 48.5 Å². The van der Waals surface area contributed by atoms with Crippen molar-refractivity contribution in [3.05, 3.63) is 126 Å². The monoisotopic (exact) mass is 488 g/mol. The van der Waals surface area contributed by atoms with E-state index in [-0.39, 0.29) is 11.5 Å². The molecule has 7 aromatic carbocycles. The van der Waals surface area contributed by atoms with Crippen LogP contribution in [0.3, 0.4) is 0 Å². The van der Waals surface area contributed by atoms with Gasteiger partial charge in [0.2, 0.25) is 0 Å². The first-order valence-electron chi connectivity index (χ1n) is 12.6. The zero-order valence-electron chi connectivity index (χ0n) is 20.2. The first-order valence-corrected chi connectivity index (χ1v) is 12.6. The first-order chi connectivity index (χ1) is 18.7. The van der Waals surface area contributed by atoms with Crippen molar-refractivity contribution in [3.63, 3.8) is 0 Å². The zero-order chi connectivity index (χ0) is 25.4. The highest BCUT2D eigenvalue weighted by Crippen LogP contribution is 2.42. The van der Waals surface area contributed by atoms with E-state index in [4.69, 9.17) is 4.42 Å². The van der Waals surface area contributed by atoms with Crippen LogP contribution in [0.2, 0.25) is 0 Å². The summed E-state index contributed by atoms with van der Waals surface area (Å²) in [6.07, 6.45) is 0. The summed E-state index contributed by atoms with van der Waals surface area (Å²) < 4.78 is 6.05. The van der Waals surface area contributed by atoms with Crippen LogP contribution in [0.1, 0.15) is 15.9 Å². The molecule has 1 aromatic heterocycles. The molecule has 0 aliphatic carbocycles. The summed E-state index contributed by atoms with van der Waals surface area (Å²) >= 11 is 0. The van der Waals surface area contributed by atoms with Gasteiger partial charge in [-0.15, -0.1) is 0 Å². The number of fused-ring (bicyclic) bond motifs is 3. The van der Waals surface area contributed by atoms with Crippen LogP contribution in [0.5, 0.6) is 5.75 Å². The van der Waals surface area contributed by atoms with Gasteiger partial charge in [0.15, 0.2) is 5.78 Å². The number of carbonyl (C=O) groups excluding carboxylic acids is 1. The van der Waals surface area contributed by atoms with Gasteiger partial charge in [0.25, 0.3) is 0 Å². The van der Waals surface area contributed by atoms with Crippen LogP contribution in [0.4, 0.5) is 0 Å². The molecule has 0 aliphatic rings. The predicted octanol–water partition coefficient (Wildman–Crippen LogP) is 9.09. The van der Waals surface area contributed by atoms with Gasteiger partial charge in [-0.25, -0.2) is 0 Å². The van der Waals surface area contributed by atoms with Crippen LogP contribution in [-0.2, 0) is 0 Å². The molecule has 0 amide bonds. The average molecular weight is 489 g/mol. The quantitative estimate of drug-likeness (QED) is 0.199. The third-order valence-electron chi connectivity index (χ3n) is 7.75. The second-order valence-electron chi connectivity index (χ2n) is 9.80. The average Bonchev–Trinajstić information content (AvgIpc) is 3.33. The normalized spacial score (nSPS) is 11.9. The van der Waals surface area contributed by atoms with E-state index in [1.807, 2.05) is 42.5 Å². The molecule has 0 spiro atoms. The number of hydrogen-bond donors (Lipinski definition) is 1. The van der Waals surface area contributed by atoms with Crippen molar-refractivity contribution in [3.8, 4) is 16.9 Å². The minimum Gasteiger partial charge on any atom is -0.507 e. The fourth-order valence-corrected chi connectivity index (χ4v) is 5.96. The summed E-state index contributed by atoms with van der Waals surface area (Å²) in [7, 11) is 0. The fraction of sp³-hybridized carbons (Fsp3) is 0. The third-order valence-corrected chi connectivity index (χ3v) is 7.75. The van der Waals surface area contributed by atoms with E-state index in [1.165, 1.54) is 0 Å². The second kappa shape index (κ2) is 7.67. The lowest BCUT2D eigenvalue weighted by Crippen LogP contribution is -2.03. The first kappa shape index (κ1) is 21.0. The van der Waals surface area contributed by atoms with Crippen molar-refractivity contribution in [2.24, 2.45) is 0 Å². The van der Waals surface area contributed by atoms with Gasteiger partial charge in [-0.3, -0.25) is 4.79 Å². The molecule has 0 radical (unpaired) electrons. The molecule has 1 heterocycles. The van der Waals surface area contributed by atoms with E-state index >= 15 is 0 Å². The van der Waals surface area contributed by atoms with Crippen molar-refractivity contribution >= 4 is 60.0 Å². The second-order valence-corrected chi connectivity index (χ2v) is 9.80. The van der Waals surface area contributed by atoms with E-state index in [9.17, 15) is 9.90 Å². The lowest BCUT2D eigenvalue weighted by atomic mass is 9.87. The molecule has 0 aliphatic heterocycles. The number of hydrogen-bond acceptors (Lipinski definition) is 3. The molecule has 0 atom stereocenters. The van der Waals surface area contributed by atoms with E-state index in [1.54, 1.807) is 24.3 Å². The molecule has 8 rings (SSSR count). The van der Waals surface area contributed by atoms with Crippen LogP contribution >= 0.6 is 0 Å². The summed E-state index contributed by atoms with van der Waals surface area (Å²) in [6.45, 7) is 0. The minimum absolute atomic E-state index is 0.00681. The van der Waals surface area contributed by atoms with Crippen LogP contribution in [0.15, 0.2) is 120 Å². The Balaban J connectivity index is 1.40. The van der Waals surface area contributed by atoms with E-state index in [0.717, 1.165) is 65.4 Å². The summed E-state index contributed by atoms with van der Waals surface area (Å²) in [5.74, 6) is -0.189. The molecule has 0 saturated carbocycles. The lowest BCUT2D eigenvalue weighted by Gasteiger charge is -2.16. The van der Waals surface area contributed by atoms with Crippen molar-refractivity contribution in [2.75, 3.05) is 0 Å². The maximum absolute atomic E-state index is 13.5.